The lowest BCUT2D eigenvalue weighted by Gasteiger charge is -2.44. The molecule has 0 aromatic carbocycles. The van der Waals surface area contributed by atoms with Gasteiger partial charge in [-0.3, -0.25) is 10.1 Å². The molecule has 0 aromatic heterocycles. The van der Waals surface area contributed by atoms with E-state index in [1.807, 2.05) is 0 Å². The van der Waals surface area contributed by atoms with E-state index in [4.69, 9.17) is 18.9 Å². The Morgan fingerprint density at radius 2 is 1.92 bits per heavy atom. The smallest absolute Gasteiger partial charge is 0.308 e. The van der Waals surface area contributed by atoms with E-state index in [1.54, 1.807) is 0 Å². The lowest BCUT2D eigenvalue weighted by Crippen LogP contribution is -2.55. The quantitative estimate of drug-likeness (QED) is 0.768. The van der Waals surface area contributed by atoms with E-state index >= 15 is 0 Å². The second-order valence-electron chi connectivity index (χ2n) is 8.62. The van der Waals surface area contributed by atoms with E-state index in [1.165, 1.54) is 26.4 Å². The summed E-state index contributed by atoms with van der Waals surface area (Å²) in [5.74, 6) is -0.191. The molecular formula is C19H29NO5. The van der Waals surface area contributed by atoms with Crippen molar-refractivity contribution in [2.75, 3.05) is 7.11 Å². The molecule has 6 atom stereocenters. The minimum absolute atomic E-state index is 0.0550. The number of esters is 1. The summed E-state index contributed by atoms with van der Waals surface area (Å²) in [5.41, 5.74) is -0.404. The second kappa shape index (κ2) is 5.91. The molecule has 6 nitrogen and oxygen atoms in total. The van der Waals surface area contributed by atoms with Crippen LogP contribution in [0.3, 0.4) is 0 Å². The highest BCUT2D eigenvalue weighted by Gasteiger charge is 2.64. The molecule has 0 radical (unpaired) electrons. The molecule has 140 valence electrons. The third-order valence-electron chi connectivity index (χ3n) is 7.06. The van der Waals surface area contributed by atoms with Crippen LogP contribution in [-0.4, -0.2) is 54.9 Å². The molecule has 5 fully saturated rings. The van der Waals surface area contributed by atoms with Crippen molar-refractivity contribution in [3.05, 3.63) is 0 Å². The standard InChI is InChI=1S/C19H29NO5/c1-22-16(21)9-12-5-6-15-18(24-12)10-13(23-15)17-14(11-18)25-19(20-17)7-3-2-4-8-19/h12-15,17,20H,2-11H2,1H3/t12?,13-,14-,15?,17+,18?/m1/s1. The lowest BCUT2D eigenvalue weighted by atomic mass is 9.75. The molecular weight excluding hydrogens is 322 g/mol. The fourth-order valence-corrected chi connectivity index (χ4v) is 5.95. The zero-order valence-electron chi connectivity index (χ0n) is 15.0. The predicted molar refractivity (Wildman–Crippen MR) is 89.0 cm³/mol. The summed E-state index contributed by atoms with van der Waals surface area (Å²) in [6.07, 6.45) is 10.4. The van der Waals surface area contributed by atoms with E-state index in [9.17, 15) is 4.79 Å². The number of hydrogen-bond acceptors (Lipinski definition) is 6. The van der Waals surface area contributed by atoms with E-state index in [2.05, 4.69) is 5.32 Å². The first-order chi connectivity index (χ1) is 12.1. The van der Waals surface area contributed by atoms with Gasteiger partial charge in [-0.15, -0.1) is 0 Å². The Bertz CT molecular complexity index is 548. The Hall–Kier alpha value is -0.690. The molecule has 5 rings (SSSR count). The molecule has 0 amide bonds. The summed E-state index contributed by atoms with van der Waals surface area (Å²) < 4.78 is 24.3. The summed E-state index contributed by atoms with van der Waals surface area (Å²) >= 11 is 0. The van der Waals surface area contributed by atoms with E-state index < -0.39 is 0 Å². The van der Waals surface area contributed by atoms with Gasteiger partial charge >= 0.3 is 5.97 Å². The minimum Gasteiger partial charge on any atom is -0.469 e. The van der Waals surface area contributed by atoms with Gasteiger partial charge in [-0.1, -0.05) is 6.42 Å². The SMILES string of the molecule is COC(=O)CC1CCC2O[C@@H]3CC2(C[C@H]2OC4(CCCCC4)N[C@@H]32)O1. The van der Waals surface area contributed by atoms with Crippen LogP contribution in [0.1, 0.15) is 64.2 Å². The van der Waals surface area contributed by atoms with Crippen LogP contribution in [0.4, 0.5) is 0 Å². The zero-order chi connectivity index (χ0) is 17.1. The van der Waals surface area contributed by atoms with Crippen LogP contribution in [0.5, 0.6) is 0 Å². The molecule has 2 saturated carbocycles. The normalized spacial score (nSPS) is 47.3. The van der Waals surface area contributed by atoms with Crippen molar-refractivity contribution in [1.29, 1.82) is 0 Å². The van der Waals surface area contributed by atoms with Crippen LogP contribution in [-0.2, 0) is 23.7 Å². The zero-order valence-corrected chi connectivity index (χ0v) is 15.0. The lowest BCUT2D eigenvalue weighted by molar-refractivity contribution is -0.188. The van der Waals surface area contributed by atoms with Gasteiger partial charge in [-0.2, -0.15) is 0 Å². The highest BCUT2D eigenvalue weighted by molar-refractivity contribution is 5.69. The van der Waals surface area contributed by atoms with Gasteiger partial charge in [0, 0.05) is 12.8 Å². The fourth-order valence-electron chi connectivity index (χ4n) is 5.95. The Morgan fingerprint density at radius 3 is 2.72 bits per heavy atom. The molecule has 5 aliphatic rings. The van der Waals surface area contributed by atoms with Crippen molar-refractivity contribution in [1.82, 2.24) is 5.32 Å². The third-order valence-corrected chi connectivity index (χ3v) is 7.06. The Balaban J connectivity index is 1.33. The summed E-state index contributed by atoms with van der Waals surface area (Å²) in [6.45, 7) is 0. The molecule has 3 unspecified atom stereocenters. The molecule has 3 heterocycles. The first-order valence-electron chi connectivity index (χ1n) is 9.97. The second-order valence-corrected chi connectivity index (χ2v) is 8.62. The van der Waals surface area contributed by atoms with Gasteiger partial charge in [0.25, 0.3) is 0 Å². The highest BCUT2D eigenvalue weighted by atomic mass is 16.6. The first-order valence-corrected chi connectivity index (χ1v) is 9.97. The van der Waals surface area contributed by atoms with Crippen molar-refractivity contribution >= 4 is 5.97 Å². The fraction of sp³-hybridized carbons (Fsp3) is 0.947. The Labute approximate surface area is 148 Å². The molecule has 3 saturated heterocycles. The molecule has 0 aromatic rings. The van der Waals surface area contributed by atoms with Gasteiger partial charge in [-0.05, 0) is 38.5 Å². The maximum Gasteiger partial charge on any atom is 0.308 e. The van der Waals surface area contributed by atoms with Gasteiger partial charge < -0.3 is 18.9 Å². The summed E-state index contributed by atoms with van der Waals surface area (Å²) in [4.78, 5) is 11.7. The average Bonchev–Trinajstić information content (AvgIpc) is 3.11. The van der Waals surface area contributed by atoms with E-state index in [-0.39, 0.29) is 47.8 Å². The molecule has 1 N–H and O–H groups in total. The number of fused-ring (bicyclic) bond motifs is 3. The van der Waals surface area contributed by atoms with Crippen molar-refractivity contribution in [3.8, 4) is 0 Å². The summed E-state index contributed by atoms with van der Waals surface area (Å²) in [6, 6.07) is 0.289. The maximum absolute atomic E-state index is 11.7. The third kappa shape index (κ3) is 2.64. The van der Waals surface area contributed by atoms with Crippen molar-refractivity contribution in [2.45, 2.75) is 106 Å². The van der Waals surface area contributed by atoms with Crippen LogP contribution >= 0.6 is 0 Å². The number of methoxy groups -OCH3 is 1. The van der Waals surface area contributed by atoms with Crippen LogP contribution < -0.4 is 5.32 Å². The summed E-state index contributed by atoms with van der Waals surface area (Å²) in [7, 11) is 1.44. The van der Waals surface area contributed by atoms with Crippen LogP contribution in [0.25, 0.3) is 0 Å². The average molecular weight is 351 g/mol. The topological polar surface area (TPSA) is 66.0 Å². The van der Waals surface area contributed by atoms with Gasteiger partial charge in [0.15, 0.2) is 0 Å². The van der Waals surface area contributed by atoms with Crippen molar-refractivity contribution < 1.29 is 23.7 Å². The monoisotopic (exact) mass is 351 g/mol. The van der Waals surface area contributed by atoms with Crippen molar-refractivity contribution in [3.63, 3.8) is 0 Å². The molecule has 2 spiro atoms. The maximum atomic E-state index is 11.7. The number of nitrogens with one attached hydrogen (secondary N) is 1. The number of hydrogen-bond donors (Lipinski definition) is 1. The van der Waals surface area contributed by atoms with Gasteiger partial charge in [0.1, 0.15) is 5.72 Å². The predicted octanol–water partition coefficient (Wildman–Crippen LogP) is 2.05. The Kier molecular flexibility index (Phi) is 3.90. The molecule has 6 heteroatoms. The number of carbonyl (C=O) groups excluding carboxylic acids is 1. The molecule has 25 heavy (non-hydrogen) atoms. The summed E-state index contributed by atoms with van der Waals surface area (Å²) in [5, 5.41) is 3.82. The Morgan fingerprint density at radius 1 is 1.12 bits per heavy atom. The van der Waals surface area contributed by atoms with Gasteiger partial charge in [0.05, 0.1) is 49.6 Å². The molecule has 3 aliphatic heterocycles. The number of ether oxygens (including phenoxy) is 4. The first kappa shape index (κ1) is 16.5. The van der Waals surface area contributed by atoms with E-state index in [0.29, 0.717) is 6.42 Å². The molecule has 2 bridgehead atoms. The number of carbonyl (C=O) groups is 1. The van der Waals surface area contributed by atoms with Gasteiger partial charge in [0.2, 0.25) is 0 Å². The largest absolute Gasteiger partial charge is 0.469 e. The van der Waals surface area contributed by atoms with Gasteiger partial charge in [-0.25, -0.2) is 0 Å². The van der Waals surface area contributed by atoms with Crippen molar-refractivity contribution in [2.24, 2.45) is 0 Å². The number of rotatable bonds is 2. The molecule has 2 aliphatic carbocycles. The van der Waals surface area contributed by atoms with Crippen LogP contribution in [0.2, 0.25) is 0 Å². The highest BCUT2D eigenvalue weighted by Crippen LogP contribution is 2.53. The minimum atomic E-state index is -0.273. The van der Waals surface area contributed by atoms with Crippen LogP contribution in [0, 0.1) is 0 Å². The van der Waals surface area contributed by atoms with Crippen LogP contribution in [0.15, 0.2) is 0 Å². The van der Waals surface area contributed by atoms with E-state index in [0.717, 1.165) is 38.5 Å².